The van der Waals surface area contributed by atoms with Crippen LogP contribution in [0.25, 0.3) is 5.57 Å². The van der Waals surface area contributed by atoms with Crippen molar-refractivity contribution in [2.45, 2.75) is 0 Å². The Bertz CT molecular complexity index is 374. The molecule has 68 valence electrons. The van der Waals surface area contributed by atoms with Crippen molar-refractivity contribution in [3.63, 3.8) is 0 Å². The van der Waals surface area contributed by atoms with Crippen molar-refractivity contribution < 1.29 is 9.90 Å². The molecule has 0 aromatic heterocycles. The van der Waals surface area contributed by atoms with Crippen LogP contribution in [0.1, 0.15) is 5.56 Å². The molecule has 0 bridgehead atoms. The maximum atomic E-state index is 10.6. The molecule has 0 fully saturated rings. The van der Waals surface area contributed by atoms with Gasteiger partial charge in [-0.25, -0.2) is 4.79 Å². The summed E-state index contributed by atoms with van der Waals surface area (Å²) < 4.78 is 0.671. The van der Waals surface area contributed by atoms with Gasteiger partial charge in [0.2, 0.25) is 0 Å². The molecule has 0 aliphatic carbocycles. The Kier molecular flexibility index (Phi) is 3.12. The van der Waals surface area contributed by atoms with E-state index in [1.165, 1.54) is 0 Å². The van der Waals surface area contributed by atoms with Gasteiger partial charge in [-0.05, 0) is 18.2 Å². The highest BCUT2D eigenvalue weighted by Gasteiger charge is 2.10. The second kappa shape index (κ2) is 3.94. The molecule has 0 saturated carbocycles. The first kappa shape index (κ1) is 10.3. The molecule has 0 atom stereocenters. The number of hydrogen-bond acceptors (Lipinski definition) is 1. The Morgan fingerprint density at radius 1 is 1.54 bits per heavy atom. The molecule has 1 rings (SSSR count). The minimum Gasteiger partial charge on any atom is -0.478 e. The molecule has 0 amide bonds. The third-order valence-corrected chi connectivity index (χ3v) is 2.44. The highest BCUT2D eigenvalue weighted by atomic mass is 79.9. The molecule has 13 heavy (non-hydrogen) atoms. The molecule has 0 radical (unpaired) electrons. The minimum atomic E-state index is -1.05. The van der Waals surface area contributed by atoms with Gasteiger partial charge in [-0.2, -0.15) is 0 Å². The Labute approximate surface area is 89.0 Å². The average Bonchev–Trinajstić information content (AvgIpc) is 2.08. The van der Waals surface area contributed by atoms with Crippen LogP contribution in [0.5, 0.6) is 0 Å². The third-order valence-electron chi connectivity index (χ3n) is 1.51. The van der Waals surface area contributed by atoms with Crippen LogP contribution in [-0.2, 0) is 4.79 Å². The van der Waals surface area contributed by atoms with Crippen molar-refractivity contribution in [3.8, 4) is 0 Å². The summed E-state index contributed by atoms with van der Waals surface area (Å²) in [7, 11) is 0. The van der Waals surface area contributed by atoms with Crippen molar-refractivity contribution in [2.75, 3.05) is 0 Å². The van der Waals surface area contributed by atoms with E-state index in [9.17, 15) is 4.79 Å². The van der Waals surface area contributed by atoms with Gasteiger partial charge >= 0.3 is 5.97 Å². The van der Waals surface area contributed by atoms with Crippen molar-refractivity contribution in [2.24, 2.45) is 0 Å². The molecule has 0 unspecified atom stereocenters. The molecule has 4 heteroatoms. The first-order chi connectivity index (χ1) is 6.02. The van der Waals surface area contributed by atoms with Gasteiger partial charge in [0.25, 0.3) is 0 Å². The highest BCUT2D eigenvalue weighted by Crippen LogP contribution is 2.26. The van der Waals surface area contributed by atoms with E-state index in [4.69, 9.17) is 16.7 Å². The van der Waals surface area contributed by atoms with E-state index in [0.717, 1.165) is 0 Å². The van der Waals surface area contributed by atoms with E-state index in [1.807, 2.05) is 0 Å². The van der Waals surface area contributed by atoms with Crippen LogP contribution in [0.3, 0.4) is 0 Å². The standard InChI is InChI=1S/C9H6BrClO2/c1-5(9(12)13)7-4-6(11)2-3-8(7)10/h2-4H,1H2,(H,12,13). The van der Waals surface area contributed by atoms with Gasteiger partial charge in [-0.15, -0.1) is 0 Å². The Morgan fingerprint density at radius 2 is 2.15 bits per heavy atom. The summed E-state index contributed by atoms with van der Waals surface area (Å²) in [5.41, 5.74) is 0.523. The smallest absolute Gasteiger partial charge is 0.335 e. The van der Waals surface area contributed by atoms with Gasteiger partial charge in [-0.1, -0.05) is 34.1 Å². The van der Waals surface area contributed by atoms with Gasteiger partial charge in [0.15, 0.2) is 0 Å². The zero-order chi connectivity index (χ0) is 10.0. The second-order valence-corrected chi connectivity index (χ2v) is 3.70. The van der Waals surface area contributed by atoms with E-state index in [0.29, 0.717) is 15.1 Å². The largest absolute Gasteiger partial charge is 0.478 e. The summed E-state index contributed by atoms with van der Waals surface area (Å²) in [5.74, 6) is -1.05. The fraction of sp³-hybridized carbons (Fsp3) is 0. The van der Waals surface area contributed by atoms with E-state index in [2.05, 4.69) is 22.5 Å². The quantitative estimate of drug-likeness (QED) is 0.830. The number of carbonyl (C=O) groups is 1. The molecule has 0 saturated heterocycles. The first-order valence-corrected chi connectivity index (χ1v) is 4.57. The normalized spacial score (nSPS) is 9.69. The number of rotatable bonds is 2. The molecule has 2 nitrogen and oxygen atoms in total. The lowest BCUT2D eigenvalue weighted by atomic mass is 10.1. The van der Waals surface area contributed by atoms with E-state index in [-0.39, 0.29) is 5.57 Å². The number of carboxylic acid groups (broad SMARTS) is 1. The lowest BCUT2D eigenvalue weighted by molar-refractivity contribution is -0.130. The predicted molar refractivity (Wildman–Crippen MR) is 55.8 cm³/mol. The SMILES string of the molecule is C=C(C(=O)O)c1cc(Cl)ccc1Br. The molecule has 0 aliphatic rings. The molecule has 0 spiro atoms. The summed E-state index contributed by atoms with van der Waals surface area (Å²) in [5, 5.41) is 9.17. The van der Waals surface area contributed by atoms with Gasteiger partial charge in [-0.3, -0.25) is 0 Å². The number of aliphatic carboxylic acids is 1. The van der Waals surface area contributed by atoms with Gasteiger partial charge in [0.05, 0.1) is 5.57 Å². The van der Waals surface area contributed by atoms with E-state index < -0.39 is 5.97 Å². The average molecular weight is 262 g/mol. The first-order valence-electron chi connectivity index (χ1n) is 3.40. The second-order valence-electron chi connectivity index (χ2n) is 2.41. The molecule has 1 aromatic carbocycles. The fourth-order valence-electron chi connectivity index (χ4n) is 0.844. The highest BCUT2D eigenvalue weighted by molar-refractivity contribution is 9.10. The van der Waals surface area contributed by atoms with Crippen LogP contribution >= 0.6 is 27.5 Å². The third kappa shape index (κ3) is 2.32. The number of halogens is 2. The maximum Gasteiger partial charge on any atom is 0.335 e. The van der Waals surface area contributed by atoms with Crippen molar-refractivity contribution in [1.29, 1.82) is 0 Å². The lowest BCUT2D eigenvalue weighted by Crippen LogP contribution is -1.98. The van der Waals surface area contributed by atoms with Crippen LogP contribution in [0.2, 0.25) is 5.02 Å². The fourth-order valence-corrected chi connectivity index (χ4v) is 1.50. The molecule has 0 aliphatic heterocycles. The van der Waals surface area contributed by atoms with Crippen LogP contribution in [0.15, 0.2) is 29.3 Å². The topological polar surface area (TPSA) is 37.3 Å². The number of hydrogen-bond donors (Lipinski definition) is 1. The molecule has 0 heterocycles. The Balaban J connectivity index is 3.21. The summed E-state index contributed by atoms with van der Waals surface area (Å²) in [6.07, 6.45) is 0. The lowest BCUT2D eigenvalue weighted by Gasteiger charge is -2.03. The van der Waals surface area contributed by atoms with Crippen molar-refractivity contribution >= 4 is 39.1 Å². The summed E-state index contributed by atoms with van der Waals surface area (Å²) in [4.78, 5) is 10.6. The molecule has 1 aromatic rings. The summed E-state index contributed by atoms with van der Waals surface area (Å²) in [6.45, 7) is 3.44. The van der Waals surface area contributed by atoms with Crippen molar-refractivity contribution in [3.05, 3.63) is 39.8 Å². The summed E-state index contributed by atoms with van der Waals surface area (Å²) >= 11 is 8.93. The molecular formula is C9H6BrClO2. The maximum absolute atomic E-state index is 10.6. The van der Waals surface area contributed by atoms with Crippen LogP contribution in [-0.4, -0.2) is 11.1 Å². The monoisotopic (exact) mass is 260 g/mol. The predicted octanol–water partition coefficient (Wildman–Crippen LogP) is 3.20. The van der Waals surface area contributed by atoms with Gasteiger partial charge in [0.1, 0.15) is 0 Å². The zero-order valence-corrected chi connectivity index (χ0v) is 8.89. The van der Waals surface area contributed by atoms with Crippen LogP contribution in [0, 0.1) is 0 Å². The van der Waals surface area contributed by atoms with Crippen LogP contribution < -0.4 is 0 Å². The summed E-state index contributed by atoms with van der Waals surface area (Å²) in [6, 6.07) is 4.91. The number of benzene rings is 1. The Hall–Kier alpha value is -0.800. The van der Waals surface area contributed by atoms with Gasteiger partial charge < -0.3 is 5.11 Å². The minimum absolute atomic E-state index is 0.0226. The van der Waals surface area contributed by atoms with Crippen molar-refractivity contribution in [1.82, 2.24) is 0 Å². The van der Waals surface area contributed by atoms with E-state index >= 15 is 0 Å². The Morgan fingerprint density at radius 3 is 2.69 bits per heavy atom. The van der Waals surface area contributed by atoms with Crippen LogP contribution in [0.4, 0.5) is 0 Å². The number of carboxylic acids is 1. The van der Waals surface area contributed by atoms with E-state index in [1.54, 1.807) is 18.2 Å². The molecular weight excluding hydrogens is 255 g/mol. The van der Waals surface area contributed by atoms with Gasteiger partial charge in [0, 0.05) is 15.1 Å². The zero-order valence-electron chi connectivity index (χ0n) is 6.55. The molecule has 1 N–H and O–H groups in total.